The molecule has 0 fully saturated rings. The van der Waals surface area contributed by atoms with E-state index in [1.165, 1.54) is 22.2 Å². The van der Waals surface area contributed by atoms with Gasteiger partial charge in [0.2, 0.25) is 0 Å². The summed E-state index contributed by atoms with van der Waals surface area (Å²) in [7, 11) is 1.73. The van der Waals surface area contributed by atoms with E-state index < -0.39 is 0 Å². The third-order valence-electron chi connectivity index (χ3n) is 2.87. The molecule has 0 spiro atoms. The minimum absolute atomic E-state index is 0.0828. The van der Waals surface area contributed by atoms with Gasteiger partial charge in [0.1, 0.15) is 5.75 Å². The molecule has 0 aliphatic heterocycles. The summed E-state index contributed by atoms with van der Waals surface area (Å²) in [5, 5.41) is 1.27. The average Bonchev–Trinajstić information content (AvgIpc) is 2.54. The first-order chi connectivity index (χ1) is 7.43. The summed E-state index contributed by atoms with van der Waals surface area (Å²) in [6.07, 6.45) is 0. The van der Waals surface area contributed by atoms with Crippen LogP contribution in [0.2, 0.25) is 0 Å². The number of hydrogen-bond acceptors (Lipinski definition) is 1. The number of H-pyrrole nitrogens is 1. The molecule has 1 aromatic heterocycles. The van der Waals surface area contributed by atoms with Crippen molar-refractivity contribution in [1.29, 1.82) is 0 Å². The SMILES string of the molecule is COc1ccc2[nH]c(C)cc2c1C(C)(C)C. The van der Waals surface area contributed by atoms with Gasteiger partial charge in [-0.2, -0.15) is 0 Å². The number of nitrogens with one attached hydrogen (secondary N) is 1. The maximum absolute atomic E-state index is 5.48. The third-order valence-corrected chi connectivity index (χ3v) is 2.87. The van der Waals surface area contributed by atoms with Gasteiger partial charge in [0.25, 0.3) is 0 Å². The van der Waals surface area contributed by atoms with Gasteiger partial charge < -0.3 is 9.72 Å². The lowest BCUT2D eigenvalue weighted by molar-refractivity contribution is 0.399. The van der Waals surface area contributed by atoms with Crippen LogP contribution < -0.4 is 4.74 Å². The highest BCUT2D eigenvalue weighted by atomic mass is 16.5. The number of ether oxygens (including phenoxy) is 1. The van der Waals surface area contributed by atoms with E-state index in [-0.39, 0.29) is 5.41 Å². The summed E-state index contributed by atoms with van der Waals surface area (Å²) in [5.41, 5.74) is 3.73. The Morgan fingerprint density at radius 2 is 1.88 bits per heavy atom. The van der Waals surface area contributed by atoms with Crippen molar-refractivity contribution in [2.24, 2.45) is 0 Å². The first kappa shape index (κ1) is 11.1. The minimum Gasteiger partial charge on any atom is -0.496 e. The zero-order chi connectivity index (χ0) is 11.9. The van der Waals surface area contributed by atoms with Gasteiger partial charge in [-0.1, -0.05) is 20.8 Å². The molecule has 2 heteroatoms. The number of aryl methyl sites for hydroxylation is 1. The van der Waals surface area contributed by atoms with Crippen molar-refractivity contribution < 1.29 is 4.74 Å². The van der Waals surface area contributed by atoms with Gasteiger partial charge in [0.05, 0.1) is 7.11 Å². The highest BCUT2D eigenvalue weighted by Crippen LogP contribution is 2.37. The van der Waals surface area contributed by atoms with E-state index in [0.29, 0.717) is 0 Å². The van der Waals surface area contributed by atoms with E-state index in [4.69, 9.17) is 4.74 Å². The maximum atomic E-state index is 5.48. The molecular formula is C14H19NO. The molecule has 2 aromatic rings. The van der Waals surface area contributed by atoms with Crippen LogP contribution in [-0.2, 0) is 5.41 Å². The van der Waals surface area contributed by atoms with Crippen molar-refractivity contribution in [2.45, 2.75) is 33.1 Å². The lowest BCUT2D eigenvalue weighted by Crippen LogP contribution is -2.13. The molecule has 0 atom stereocenters. The number of methoxy groups -OCH3 is 1. The van der Waals surface area contributed by atoms with Crippen LogP contribution in [0.15, 0.2) is 18.2 Å². The molecule has 0 radical (unpaired) electrons. The molecule has 0 aliphatic rings. The molecule has 0 amide bonds. The Bertz CT molecular complexity index is 517. The van der Waals surface area contributed by atoms with Crippen LogP contribution in [-0.4, -0.2) is 12.1 Å². The summed E-state index contributed by atoms with van der Waals surface area (Å²) in [6.45, 7) is 8.73. The minimum atomic E-state index is 0.0828. The predicted octanol–water partition coefficient (Wildman–Crippen LogP) is 3.78. The molecule has 0 aliphatic carbocycles. The van der Waals surface area contributed by atoms with Crippen LogP contribution in [0.3, 0.4) is 0 Å². The molecule has 2 rings (SSSR count). The summed E-state index contributed by atoms with van der Waals surface area (Å²) in [4.78, 5) is 3.37. The molecule has 1 aromatic carbocycles. The zero-order valence-electron chi connectivity index (χ0n) is 10.6. The van der Waals surface area contributed by atoms with Crippen LogP contribution in [0, 0.1) is 6.92 Å². The van der Waals surface area contributed by atoms with Crippen molar-refractivity contribution in [2.75, 3.05) is 7.11 Å². The van der Waals surface area contributed by atoms with Gasteiger partial charge in [-0.3, -0.25) is 0 Å². The molecule has 86 valence electrons. The fourth-order valence-electron chi connectivity index (χ4n) is 2.27. The van der Waals surface area contributed by atoms with E-state index in [0.717, 1.165) is 5.75 Å². The summed E-state index contributed by atoms with van der Waals surface area (Å²) < 4.78 is 5.48. The summed E-state index contributed by atoms with van der Waals surface area (Å²) in [5.74, 6) is 0.971. The summed E-state index contributed by atoms with van der Waals surface area (Å²) in [6, 6.07) is 6.31. The molecule has 1 N–H and O–H groups in total. The predicted molar refractivity (Wildman–Crippen MR) is 68.3 cm³/mol. The van der Waals surface area contributed by atoms with Gasteiger partial charge in [-0.25, -0.2) is 0 Å². The molecule has 0 unspecified atom stereocenters. The Hall–Kier alpha value is -1.44. The molecule has 1 heterocycles. The van der Waals surface area contributed by atoms with E-state index >= 15 is 0 Å². The monoisotopic (exact) mass is 217 g/mol. The Kier molecular flexibility index (Phi) is 2.45. The summed E-state index contributed by atoms with van der Waals surface area (Å²) >= 11 is 0. The van der Waals surface area contributed by atoms with Crippen LogP contribution in [0.1, 0.15) is 32.0 Å². The Morgan fingerprint density at radius 1 is 1.19 bits per heavy atom. The Morgan fingerprint density at radius 3 is 2.44 bits per heavy atom. The largest absolute Gasteiger partial charge is 0.496 e. The van der Waals surface area contributed by atoms with Crippen LogP contribution in [0.25, 0.3) is 10.9 Å². The number of fused-ring (bicyclic) bond motifs is 1. The van der Waals surface area contributed by atoms with Crippen LogP contribution in [0.4, 0.5) is 0 Å². The topological polar surface area (TPSA) is 25.0 Å². The second-order valence-electron chi connectivity index (χ2n) is 5.31. The lowest BCUT2D eigenvalue weighted by Gasteiger charge is -2.23. The normalized spacial score (nSPS) is 12.1. The maximum Gasteiger partial charge on any atom is 0.123 e. The van der Waals surface area contributed by atoms with Crippen molar-refractivity contribution in [3.05, 3.63) is 29.5 Å². The zero-order valence-corrected chi connectivity index (χ0v) is 10.6. The van der Waals surface area contributed by atoms with Crippen molar-refractivity contribution in [3.8, 4) is 5.75 Å². The highest BCUT2D eigenvalue weighted by molar-refractivity contribution is 5.87. The standard InChI is InChI=1S/C14H19NO/c1-9-8-10-11(15-9)6-7-12(16-5)13(10)14(2,3)4/h6-8,15H,1-5H3. The quantitative estimate of drug-likeness (QED) is 0.772. The fourth-order valence-corrected chi connectivity index (χ4v) is 2.27. The Labute approximate surface area is 96.6 Å². The number of rotatable bonds is 1. The van der Waals surface area contributed by atoms with E-state index in [1.807, 2.05) is 6.07 Å². The molecule has 2 nitrogen and oxygen atoms in total. The van der Waals surface area contributed by atoms with Gasteiger partial charge in [0.15, 0.2) is 0 Å². The fraction of sp³-hybridized carbons (Fsp3) is 0.429. The van der Waals surface area contributed by atoms with Gasteiger partial charge in [-0.05, 0) is 30.5 Å². The van der Waals surface area contributed by atoms with E-state index in [9.17, 15) is 0 Å². The number of aromatic amines is 1. The number of aromatic nitrogens is 1. The Balaban J connectivity index is 2.83. The van der Waals surface area contributed by atoms with Crippen molar-refractivity contribution in [1.82, 2.24) is 4.98 Å². The van der Waals surface area contributed by atoms with Gasteiger partial charge >= 0.3 is 0 Å². The lowest BCUT2D eigenvalue weighted by atomic mass is 9.84. The molecule has 0 saturated heterocycles. The smallest absolute Gasteiger partial charge is 0.123 e. The van der Waals surface area contributed by atoms with Crippen LogP contribution >= 0.6 is 0 Å². The number of hydrogen-bond donors (Lipinski definition) is 1. The van der Waals surface area contributed by atoms with Crippen LogP contribution in [0.5, 0.6) is 5.75 Å². The highest BCUT2D eigenvalue weighted by Gasteiger charge is 2.22. The second kappa shape index (κ2) is 3.55. The first-order valence-electron chi connectivity index (χ1n) is 5.60. The van der Waals surface area contributed by atoms with Crippen molar-refractivity contribution >= 4 is 10.9 Å². The average molecular weight is 217 g/mol. The third kappa shape index (κ3) is 1.69. The van der Waals surface area contributed by atoms with E-state index in [1.54, 1.807) is 7.11 Å². The van der Waals surface area contributed by atoms with Crippen molar-refractivity contribution in [3.63, 3.8) is 0 Å². The molecule has 16 heavy (non-hydrogen) atoms. The molecular weight excluding hydrogens is 198 g/mol. The first-order valence-corrected chi connectivity index (χ1v) is 5.60. The molecule has 0 bridgehead atoms. The second-order valence-corrected chi connectivity index (χ2v) is 5.31. The van der Waals surface area contributed by atoms with E-state index in [2.05, 4.69) is 44.8 Å². The van der Waals surface area contributed by atoms with Gasteiger partial charge in [-0.15, -0.1) is 0 Å². The van der Waals surface area contributed by atoms with Gasteiger partial charge in [0, 0.05) is 22.2 Å². The molecule has 0 saturated carbocycles. The number of benzene rings is 1.